The Balaban J connectivity index is 1.41. The van der Waals surface area contributed by atoms with Crippen molar-refractivity contribution in [3.63, 3.8) is 0 Å². The number of piperidine rings is 1. The fraction of sp³-hybridized carbons (Fsp3) is 0.318. The fourth-order valence-corrected chi connectivity index (χ4v) is 5.22. The number of carbonyl (C=O) groups excluding carboxylic acids is 1. The highest BCUT2D eigenvalue weighted by Gasteiger charge is 2.34. The van der Waals surface area contributed by atoms with Crippen LogP contribution in [-0.4, -0.2) is 46.7 Å². The van der Waals surface area contributed by atoms with Gasteiger partial charge in [0.2, 0.25) is 10.0 Å². The van der Waals surface area contributed by atoms with Crippen LogP contribution >= 0.6 is 0 Å². The quantitative estimate of drug-likeness (QED) is 0.568. The number of aromatic nitrogens is 3. The van der Waals surface area contributed by atoms with Crippen molar-refractivity contribution in [3.8, 4) is 5.69 Å². The maximum atomic E-state index is 13.2. The van der Waals surface area contributed by atoms with E-state index in [-0.39, 0.29) is 22.8 Å². The minimum absolute atomic E-state index is 0.0782. The Labute approximate surface area is 194 Å². The molecule has 1 saturated heterocycles. The van der Waals surface area contributed by atoms with Crippen molar-refractivity contribution in [1.29, 1.82) is 0 Å². The highest BCUT2D eigenvalue weighted by Crippen LogP contribution is 2.33. The van der Waals surface area contributed by atoms with Crippen molar-refractivity contribution < 1.29 is 26.4 Å². The molecule has 0 bridgehead atoms. The summed E-state index contributed by atoms with van der Waals surface area (Å²) >= 11 is 0. The molecule has 12 heteroatoms. The molecule has 1 aliphatic rings. The van der Waals surface area contributed by atoms with Crippen molar-refractivity contribution in [2.24, 2.45) is 0 Å². The molecule has 1 amide bonds. The van der Waals surface area contributed by atoms with Crippen LogP contribution in [0.2, 0.25) is 0 Å². The summed E-state index contributed by atoms with van der Waals surface area (Å²) in [6.45, 7) is 1.09. The minimum Gasteiger partial charge on any atom is -0.347 e. The Morgan fingerprint density at radius 1 is 1.00 bits per heavy atom. The lowest BCUT2D eigenvalue weighted by atomic mass is 10.1. The third-order valence-corrected chi connectivity index (χ3v) is 7.42. The Bertz CT molecular complexity index is 1270. The first-order valence-corrected chi connectivity index (χ1v) is 12.1. The van der Waals surface area contributed by atoms with Crippen LogP contribution in [0.3, 0.4) is 0 Å². The van der Waals surface area contributed by atoms with Gasteiger partial charge in [0.1, 0.15) is 0 Å². The molecule has 0 atom stereocenters. The fourth-order valence-electron chi connectivity index (χ4n) is 3.71. The summed E-state index contributed by atoms with van der Waals surface area (Å²) < 4.78 is 67.5. The molecule has 0 saturated carbocycles. The molecule has 0 aliphatic carbocycles. The summed E-state index contributed by atoms with van der Waals surface area (Å²) in [5.74, 6) is -0.624. The van der Waals surface area contributed by atoms with E-state index >= 15 is 0 Å². The van der Waals surface area contributed by atoms with E-state index in [9.17, 15) is 26.4 Å². The van der Waals surface area contributed by atoms with Gasteiger partial charge in [-0.05, 0) is 42.7 Å². The molecule has 0 spiro atoms. The van der Waals surface area contributed by atoms with E-state index < -0.39 is 27.7 Å². The highest BCUT2D eigenvalue weighted by atomic mass is 32.2. The lowest BCUT2D eigenvalue weighted by Gasteiger charge is -2.25. The van der Waals surface area contributed by atoms with E-state index in [1.807, 2.05) is 0 Å². The van der Waals surface area contributed by atoms with Gasteiger partial charge in [-0.2, -0.15) is 17.5 Å². The Morgan fingerprint density at radius 3 is 2.35 bits per heavy atom. The van der Waals surface area contributed by atoms with Gasteiger partial charge in [0.25, 0.3) is 5.91 Å². The van der Waals surface area contributed by atoms with Gasteiger partial charge >= 0.3 is 6.18 Å². The van der Waals surface area contributed by atoms with E-state index in [2.05, 4.69) is 15.6 Å². The normalized spacial score (nSPS) is 15.3. The third-order valence-electron chi connectivity index (χ3n) is 5.51. The van der Waals surface area contributed by atoms with Crippen LogP contribution in [0.15, 0.2) is 59.6 Å². The number of nitrogens with zero attached hydrogens (tertiary/aromatic N) is 4. The number of benzene rings is 2. The first-order valence-electron chi connectivity index (χ1n) is 10.6. The van der Waals surface area contributed by atoms with Gasteiger partial charge in [-0.3, -0.25) is 4.79 Å². The number of amides is 1. The monoisotopic (exact) mass is 493 g/mol. The summed E-state index contributed by atoms with van der Waals surface area (Å²) in [5, 5.41) is 9.94. The van der Waals surface area contributed by atoms with Crippen LogP contribution in [0.5, 0.6) is 0 Å². The molecule has 1 fully saturated rings. The van der Waals surface area contributed by atoms with E-state index in [0.717, 1.165) is 36.2 Å². The number of hydrogen-bond acceptors (Lipinski definition) is 5. The van der Waals surface area contributed by atoms with Crippen molar-refractivity contribution in [3.05, 3.63) is 71.5 Å². The predicted molar refractivity (Wildman–Crippen MR) is 117 cm³/mol. The van der Waals surface area contributed by atoms with E-state index in [4.69, 9.17) is 0 Å². The van der Waals surface area contributed by atoms with Gasteiger partial charge in [0.05, 0.1) is 22.3 Å². The second-order valence-corrected chi connectivity index (χ2v) is 9.79. The molecule has 1 N–H and O–H groups in total. The Kier molecular flexibility index (Phi) is 6.71. The lowest BCUT2D eigenvalue weighted by molar-refractivity contribution is -0.137. The number of alkyl halides is 3. The number of carbonyl (C=O) groups is 1. The van der Waals surface area contributed by atoms with Crippen LogP contribution < -0.4 is 5.32 Å². The standard InChI is InChI=1S/C22H22F3N5O3S/c23-22(24,25)18-6-2-3-7-20(18)30-15-19(27-28-30)21(31)26-14-16-8-10-17(11-9-16)34(32,33)29-12-4-1-5-13-29/h2-3,6-11,15H,1,4-5,12-14H2,(H,26,31). The second-order valence-electron chi connectivity index (χ2n) is 7.85. The van der Waals surface area contributed by atoms with Crippen LogP contribution in [0.1, 0.15) is 40.9 Å². The summed E-state index contributed by atoms with van der Waals surface area (Å²) in [4.78, 5) is 12.6. The summed E-state index contributed by atoms with van der Waals surface area (Å²) in [6.07, 6.45) is -0.758. The predicted octanol–water partition coefficient (Wildman–Crippen LogP) is 3.39. The Morgan fingerprint density at radius 2 is 1.68 bits per heavy atom. The molecule has 1 aromatic heterocycles. The van der Waals surface area contributed by atoms with Crippen LogP contribution in [0.25, 0.3) is 5.69 Å². The average molecular weight is 494 g/mol. The topological polar surface area (TPSA) is 97.2 Å². The maximum Gasteiger partial charge on any atom is 0.418 e. The van der Waals surface area contributed by atoms with E-state index in [1.54, 1.807) is 12.1 Å². The summed E-state index contributed by atoms with van der Waals surface area (Å²) in [7, 11) is -3.55. The first kappa shape index (κ1) is 23.9. The molecular weight excluding hydrogens is 471 g/mol. The molecule has 34 heavy (non-hydrogen) atoms. The SMILES string of the molecule is O=C(NCc1ccc(S(=O)(=O)N2CCCCC2)cc1)c1cn(-c2ccccc2C(F)(F)F)nn1. The zero-order chi connectivity index (χ0) is 24.3. The minimum atomic E-state index is -4.58. The molecule has 3 aromatic rings. The van der Waals surface area contributed by atoms with Crippen LogP contribution in [-0.2, 0) is 22.7 Å². The number of rotatable bonds is 6. The average Bonchev–Trinajstić information content (AvgIpc) is 3.33. The second kappa shape index (κ2) is 9.55. The van der Waals surface area contributed by atoms with Crippen molar-refractivity contribution in [2.45, 2.75) is 36.9 Å². The van der Waals surface area contributed by atoms with E-state index in [0.29, 0.717) is 18.7 Å². The molecule has 2 aromatic carbocycles. The summed E-state index contributed by atoms with van der Waals surface area (Å²) in [6, 6.07) is 11.1. The van der Waals surface area contributed by atoms with Gasteiger partial charge in [-0.25, -0.2) is 13.1 Å². The van der Waals surface area contributed by atoms with Crippen molar-refractivity contribution >= 4 is 15.9 Å². The van der Waals surface area contributed by atoms with Gasteiger partial charge in [0.15, 0.2) is 5.69 Å². The van der Waals surface area contributed by atoms with Gasteiger partial charge in [-0.15, -0.1) is 5.10 Å². The molecule has 2 heterocycles. The van der Waals surface area contributed by atoms with Crippen LogP contribution in [0.4, 0.5) is 13.2 Å². The number of nitrogens with one attached hydrogen (secondary N) is 1. The number of halogens is 3. The number of hydrogen-bond donors (Lipinski definition) is 1. The molecule has 8 nitrogen and oxygen atoms in total. The molecular formula is C22H22F3N5O3S. The smallest absolute Gasteiger partial charge is 0.347 e. The van der Waals surface area contributed by atoms with Gasteiger partial charge in [0, 0.05) is 19.6 Å². The molecule has 1 aliphatic heterocycles. The molecule has 0 unspecified atom stereocenters. The van der Waals surface area contributed by atoms with Gasteiger partial charge < -0.3 is 5.32 Å². The van der Waals surface area contributed by atoms with Crippen LogP contribution in [0, 0.1) is 0 Å². The zero-order valence-corrected chi connectivity index (χ0v) is 18.8. The Hall–Kier alpha value is -3.25. The maximum absolute atomic E-state index is 13.2. The summed E-state index contributed by atoms with van der Waals surface area (Å²) in [5.41, 5.74) is -0.638. The lowest BCUT2D eigenvalue weighted by Crippen LogP contribution is -2.35. The van der Waals surface area contributed by atoms with E-state index in [1.165, 1.54) is 34.6 Å². The molecule has 180 valence electrons. The van der Waals surface area contributed by atoms with Gasteiger partial charge in [-0.1, -0.05) is 35.9 Å². The largest absolute Gasteiger partial charge is 0.418 e. The number of para-hydroxylation sites is 1. The van der Waals surface area contributed by atoms with Crippen molar-refractivity contribution in [1.82, 2.24) is 24.6 Å². The first-order chi connectivity index (χ1) is 16.2. The molecule has 0 radical (unpaired) electrons. The highest BCUT2D eigenvalue weighted by molar-refractivity contribution is 7.89. The van der Waals surface area contributed by atoms with Crippen molar-refractivity contribution in [2.75, 3.05) is 13.1 Å². The third kappa shape index (κ3) is 5.12. The molecule has 4 rings (SSSR count). The zero-order valence-electron chi connectivity index (χ0n) is 18.0. The number of sulfonamides is 1.